The van der Waals surface area contributed by atoms with E-state index in [-0.39, 0.29) is 48.4 Å². The van der Waals surface area contributed by atoms with E-state index in [0.717, 1.165) is 12.1 Å². The molecule has 0 aliphatic carbocycles. The van der Waals surface area contributed by atoms with Gasteiger partial charge in [0.05, 0.1) is 28.0 Å². The van der Waals surface area contributed by atoms with Crippen molar-refractivity contribution in [1.29, 1.82) is 5.26 Å². The molecule has 31 heavy (non-hydrogen) atoms. The fraction of sp³-hybridized carbons (Fsp3) is 0.286. The molecule has 3 rings (SSSR count). The van der Waals surface area contributed by atoms with Gasteiger partial charge in [0.2, 0.25) is 5.91 Å². The third-order valence-electron chi connectivity index (χ3n) is 4.89. The summed E-state index contributed by atoms with van der Waals surface area (Å²) in [5.41, 5.74) is 1.10. The van der Waals surface area contributed by atoms with Crippen LogP contribution in [-0.2, 0) is 20.4 Å². The third-order valence-corrected chi connectivity index (χ3v) is 6.67. The summed E-state index contributed by atoms with van der Waals surface area (Å²) < 4.78 is 38.0. The van der Waals surface area contributed by atoms with Gasteiger partial charge in [0.15, 0.2) is 9.84 Å². The summed E-state index contributed by atoms with van der Waals surface area (Å²) in [5, 5.41) is 8.81. The molecule has 162 valence electrons. The highest BCUT2D eigenvalue weighted by atomic mass is 35.5. The number of amides is 2. The molecule has 0 aromatic heterocycles. The number of piperazine rings is 1. The third kappa shape index (κ3) is 5.81. The van der Waals surface area contributed by atoms with Crippen LogP contribution in [0.4, 0.5) is 4.39 Å². The number of hydrogen-bond donors (Lipinski definition) is 0. The zero-order valence-corrected chi connectivity index (χ0v) is 18.0. The first kappa shape index (κ1) is 22.7. The van der Waals surface area contributed by atoms with E-state index in [1.165, 1.54) is 28.0 Å². The van der Waals surface area contributed by atoms with Gasteiger partial charge in [-0.25, -0.2) is 12.8 Å². The van der Waals surface area contributed by atoms with Gasteiger partial charge in [0.25, 0.3) is 5.91 Å². The average Bonchev–Trinajstić information content (AvgIpc) is 2.73. The molecule has 2 aromatic rings. The SMILES string of the molecule is N#Cc1ccc(CS(=O)(=O)CC(=O)N2CCN(C(=O)c3ccc(F)cc3Cl)CC2)cc1. The molecule has 2 amide bonds. The molecule has 1 fully saturated rings. The highest BCUT2D eigenvalue weighted by Gasteiger charge is 2.28. The van der Waals surface area contributed by atoms with Crippen molar-refractivity contribution in [3.63, 3.8) is 0 Å². The first-order chi connectivity index (χ1) is 14.7. The molecule has 0 N–H and O–H groups in total. The minimum Gasteiger partial charge on any atom is -0.338 e. The molecular weight excluding hydrogens is 445 g/mol. The first-order valence-corrected chi connectivity index (χ1v) is 11.6. The lowest BCUT2D eigenvalue weighted by Crippen LogP contribution is -2.51. The van der Waals surface area contributed by atoms with Gasteiger partial charge in [-0.2, -0.15) is 5.26 Å². The van der Waals surface area contributed by atoms with Crippen LogP contribution in [-0.4, -0.2) is 62.0 Å². The predicted octanol–water partition coefficient (Wildman–Crippen LogP) is 2.25. The number of hydrogen-bond acceptors (Lipinski definition) is 5. The maximum absolute atomic E-state index is 13.2. The van der Waals surface area contributed by atoms with Gasteiger partial charge in [-0.15, -0.1) is 0 Å². The predicted molar refractivity (Wildman–Crippen MR) is 113 cm³/mol. The van der Waals surface area contributed by atoms with Crippen molar-refractivity contribution in [3.8, 4) is 6.07 Å². The Morgan fingerprint density at radius 1 is 1.03 bits per heavy atom. The number of benzene rings is 2. The van der Waals surface area contributed by atoms with Gasteiger partial charge in [-0.1, -0.05) is 23.7 Å². The van der Waals surface area contributed by atoms with E-state index < -0.39 is 27.3 Å². The van der Waals surface area contributed by atoms with Crippen LogP contribution in [0.5, 0.6) is 0 Å². The summed E-state index contributed by atoms with van der Waals surface area (Å²) >= 11 is 5.94. The van der Waals surface area contributed by atoms with Crippen LogP contribution in [0.2, 0.25) is 5.02 Å². The first-order valence-electron chi connectivity index (χ1n) is 9.40. The lowest BCUT2D eigenvalue weighted by Gasteiger charge is -2.35. The second kappa shape index (κ2) is 9.45. The number of sulfone groups is 1. The maximum Gasteiger partial charge on any atom is 0.255 e. The van der Waals surface area contributed by atoms with Crippen molar-refractivity contribution in [2.24, 2.45) is 0 Å². The van der Waals surface area contributed by atoms with Crippen molar-refractivity contribution in [3.05, 3.63) is 70.0 Å². The Balaban J connectivity index is 1.55. The normalized spacial score (nSPS) is 14.2. The molecule has 2 aromatic carbocycles. The summed E-state index contributed by atoms with van der Waals surface area (Å²) in [6.07, 6.45) is 0. The lowest BCUT2D eigenvalue weighted by atomic mass is 10.1. The van der Waals surface area contributed by atoms with E-state index >= 15 is 0 Å². The number of nitrogens with zero attached hydrogens (tertiary/aromatic N) is 3. The molecule has 1 heterocycles. The van der Waals surface area contributed by atoms with Gasteiger partial charge in [0, 0.05) is 26.2 Å². The molecule has 0 bridgehead atoms. The van der Waals surface area contributed by atoms with Gasteiger partial charge in [-0.05, 0) is 35.9 Å². The van der Waals surface area contributed by atoms with Crippen LogP contribution in [0.25, 0.3) is 0 Å². The molecule has 1 aliphatic rings. The van der Waals surface area contributed by atoms with Crippen molar-refractivity contribution in [1.82, 2.24) is 9.80 Å². The minimum absolute atomic E-state index is 0.0115. The van der Waals surface area contributed by atoms with Crippen LogP contribution in [0.1, 0.15) is 21.5 Å². The summed E-state index contributed by atoms with van der Waals surface area (Å²) in [6.45, 7) is 0.813. The van der Waals surface area contributed by atoms with E-state index in [9.17, 15) is 22.4 Å². The Hall–Kier alpha value is -2.96. The van der Waals surface area contributed by atoms with Crippen LogP contribution in [0, 0.1) is 17.1 Å². The van der Waals surface area contributed by atoms with Crippen molar-refractivity contribution < 1.29 is 22.4 Å². The largest absolute Gasteiger partial charge is 0.338 e. The summed E-state index contributed by atoms with van der Waals surface area (Å²) in [7, 11) is -3.69. The van der Waals surface area contributed by atoms with E-state index in [2.05, 4.69) is 0 Å². The number of rotatable bonds is 5. The Morgan fingerprint density at radius 3 is 2.23 bits per heavy atom. The zero-order valence-electron chi connectivity index (χ0n) is 16.4. The number of carbonyl (C=O) groups is 2. The van der Waals surface area contributed by atoms with Crippen LogP contribution >= 0.6 is 11.6 Å². The van der Waals surface area contributed by atoms with Gasteiger partial charge >= 0.3 is 0 Å². The van der Waals surface area contributed by atoms with Crippen molar-refractivity contribution in [2.75, 3.05) is 31.9 Å². The quantitative estimate of drug-likeness (QED) is 0.677. The lowest BCUT2D eigenvalue weighted by molar-refractivity contribution is -0.129. The van der Waals surface area contributed by atoms with Crippen molar-refractivity contribution >= 4 is 33.3 Å². The average molecular weight is 464 g/mol. The van der Waals surface area contributed by atoms with Gasteiger partial charge in [-0.3, -0.25) is 9.59 Å². The maximum atomic E-state index is 13.2. The molecule has 0 unspecified atom stereocenters. The topological polar surface area (TPSA) is 98.5 Å². The fourth-order valence-corrected chi connectivity index (χ4v) is 4.86. The Kier molecular flexibility index (Phi) is 6.93. The highest BCUT2D eigenvalue weighted by Crippen LogP contribution is 2.20. The van der Waals surface area contributed by atoms with E-state index in [1.807, 2.05) is 6.07 Å². The van der Waals surface area contributed by atoms with Gasteiger partial charge in [0.1, 0.15) is 11.6 Å². The van der Waals surface area contributed by atoms with E-state index in [0.29, 0.717) is 11.1 Å². The van der Waals surface area contributed by atoms with Crippen molar-refractivity contribution in [2.45, 2.75) is 5.75 Å². The molecule has 7 nitrogen and oxygen atoms in total. The highest BCUT2D eigenvalue weighted by molar-refractivity contribution is 7.91. The summed E-state index contributed by atoms with van der Waals surface area (Å²) in [5.74, 6) is -2.37. The van der Waals surface area contributed by atoms with Gasteiger partial charge < -0.3 is 9.80 Å². The molecular formula is C21H19ClFN3O4S. The molecule has 1 aliphatic heterocycles. The minimum atomic E-state index is -3.69. The second-order valence-electron chi connectivity index (χ2n) is 7.14. The Morgan fingerprint density at radius 2 is 1.65 bits per heavy atom. The number of nitriles is 1. The van der Waals surface area contributed by atoms with Crippen LogP contribution in [0.3, 0.4) is 0 Å². The fourth-order valence-electron chi connectivity index (χ4n) is 3.25. The second-order valence-corrected chi connectivity index (χ2v) is 9.61. The molecule has 0 spiro atoms. The summed E-state index contributed by atoms with van der Waals surface area (Å²) in [4.78, 5) is 28.0. The number of carbonyl (C=O) groups excluding carboxylic acids is 2. The van der Waals surface area contributed by atoms with E-state index in [1.54, 1.807) is 12.1 Å². The molecule has 0 saturated carbocycles. The monoisotopic (exact) mass is 463 g/mol. The molecule has 1 saturated heterocycles. The van der Waals surface area contributed by atoms with Crippen LogP contribution in [0.15, 0.2) is 42.5 Å². The smallest absolute Gasteiger partial charge is 0.255 e. The Labute approximate surface area is 184 Å². The molecule has 0 atom stereocenters. The van der Waals surface area contributed by atoms with Crippen LogP contribution < -0.4 is 0 Å². The number of halogens is 2. The molecule has 0 radical (unpaired) electrons. The standard InChI is InChI=1S/C21H19ClFN3O4S/c22-19-11-17(23)5-6-18(19)21(28)26-9-7-25(8-10-26)20(27)14-31(29,30)13-16-3-1-15(12-24)2-4-16/h1-6,11H,7-10,13-14H2. The zero-order chi connectivity index (χ0) is 22.6. The summed E-state index contributed by atoms with van der Waals surface area (Å²) in [6, 6.07) is 11.6. The molecule has 10 heteroatoms. The van der Waals surface area contributed by atoms with E-state index in [4.69, 9.17) is 16.9 Å². The Bertz CT molecular complexity index is 1140.